The summed E-state index contributed by atoms with van der Waals surface area (Å²) in [5.74, 6) is -0.0417. The van der Waals surface area contributed by atoms with Crippen molar-refractivity contribution in [2.24, 2.45) is 10.2 Å². The van der Waals surface area contributed by atoms with Gasteiger partial charge in [0.2, 0.25) is 5.13 Å². The van der Waals surface area contributed by atoms with Crippen LogP contribution < -0.4 is 10.1 Å². The molecule has 0 saturated heterocycles. The Bertz CT molecular complexity index is 1680. The highest BCUT2D eigenvalue weighted by Crippen LogP contribution is 2.40. The van der Waals surface area contributed by atoms with E-state index in [-0.39, 0.29) is 28.4 Å². The molecule has 11 heteroatoms. The lowest BCUT2D eigenvalue weighted by atomic mass is 10.0. The minimum absolute atomic E-state index is 0.0218. The summed E-state index contributed by atoms with van der Waals surface area (Å²) in [6.07, 6.45) is 1.62. The van der Waals surface area contributed by atoms with Gasteiger partial charge in [0.15, 0.2) is 11.6 Å². The Morgan fingerprint density at radius 1 is 1.19 bits per heavy atom. The predicted octanol–water partition coefficient (Wildman–Crippen LogP) is 6.04. The Kier molecular flexibility index (Phi) is 6.32. The van der Waals surface area contributed by atoms with Crippen LogP contribution in [0.4, 0.5) is 17.2 Å². The molecule has 5 rings (SSSR count). The van der Waals surface area contributed by atoms with Crippen LogP contribution in [0, 0.1) is 18.3 Å². The Balaban J connectivity index is 1.59. The molecule has 0 aliphatic heterocycles. The van der Waals surface area contributed by atoms with E-state index in [2.05, 4.69) is 31.7 Å². The summed E-state index contributed by atoms with van der Waals surface area (Å²) in [7, 11) is 1.56. The van der Waals surface area contributed by atoms with Crippen LogP contribution in [0.15, 0.2) is 76.4 Å². The van der Waals surface area contributed by atoms with Gasteiger partial charge in [0.25, 0.3) is 5.91 Å². The number of amides is 1. The van der Waals surface area contributed by atoms with E-state index < -0.39 is 5.91 Å². The molecule has 182 valence electrons. The van der Waals surface area contributed by atoms with Gasteiger partial charge < -0.3 is 15.2 Å². The zero-order valence-corrected chi connectivity index (χ0v) is 20.5. The van der Waals surface area contributed by atoms with Crippen molar-refractivity contribution in [3.05, 3.63) is 83.0 Å². The molecule has 2 heterocycles. The molecule has 10 nitrogen and oxygen atoms in total. The highest BCUT2D eigenvalue weighted by molar-refractivity contribution is 7.12. The zero-order chi connectivity index (χ0) is 25.9. The van der Waals surface area contributed by atoms with E-state index in [1.165, 1.54) is 16.0 Å². The average molecular weight is 510 g/mol. The van der Waals surface area contributed by atoms with Crippen LogP contribution in [-0.4, -0.2) is 32.9 Å². The van der Waals surface area contributed by atoms with E-state index in [1.807, 2.05) is 12.1 Å². The minimum atomic E-state index is -0.522. The van der Waals surface area contributed by atoms with E-state index >= 15 is 0 Å². The molecule has 0 radical (unpaired) electrons. The molecule has 3 aromatic carbocycles. The number of hydrogen-bond acceptors (Lipinski definition) is 9. The maximum atomic E-state index is 13.1. The summed E-state index contributed by atoms with van der Waals surface area (Å²) in [4.78, 5) is 17.4. The average Bonchev–Trinajstić information content (AvgIpc) is 3.56. The van der Waals surface area contributed by atoms with Gasteiger partial charge in [-0.1, -0.05) is 24.3 Å². The van der Waals surface area contributed by atoms with Gasteiger partial charge in [-0.05, 0) is 42.6 Å². The standard InChI is InChI=1S/C26H19N7O3S/c1-15-21(14-27)24(33(32-15)26-28-11-12-37-26)31-30-22-19-6-4-3-5-16(19)13-20(23(22)34)25(35)29-17-7-9-18(36-2)10-8-17/h3-13,34H,1-2H3,(H,29,35)/b31-30+. The second-order valence-corrected chi connectivity index (χ2v) is 8.72. The Hall–Kier alpha value is -5.08. The number of rotatable bonds is 6. The number of anilines is 1. The number of methoxy groups -OCH3 is 1. The van der Waals surface area contributed by atoms with E-state index in [0.717, 1.165) is 0 Å². The summed E-state index contributed by atoms with van der Waals surface area (Å²) < 4.78 is 6.58. The van der Waals surface area contributed by atoms with E-state index in [1.54, 1.807) is 68.1 Å². The van der Waals surface area contributed by atoms with Crippen molar-refractivity contribution < 1.29 is 14.6 Å². The molecule has 2 N–H and O–H groups in total. The number of nitriles is 1. The number of azo groups is 1. The second-order valence-electron chi connectivity index (χ2n) is 7.85. The van der Waals surface area contributed by atoms with Crippen molar-refractivity contribution in [1.29, 1.82) is 5.26 Å². The fourth-order valence-electron chi connectivity index (χ4n) is 3.75. The first-order chi connectivity index (χ1) is 18.0. The van der Waals surface area contributed by atoms with E-state index in [4.69, 9.17) is 4.74 Å². The number of hydrogen-bond donors (Lipinski definition) is 2. The molecule has 0 bridgehead atoms. The molecule has 0 atom stereocenters. The molecule has 1 amide bonds. The third-order valence-corrected chi connectivity index (χ3v) is 6.33. The third-order valence-electron chi connectivity index (χ3n) is 5.58. The number of nitrogens with one attached hydrogen (secondary N) is 1. The first-order valence-electron chi connectivity index (χ1n) is 11.0. The monoisotopic (exact) mass is 509 g/mol. The molecular weight excluding hydrogens is 490 g/mol. The van der Waals surface area contributed by atoms with Crippen molar-refractivity contribution in [2.75, 3.05) is 12.4 Å². The van der Waals surface area contributed by atoms with Crippen LogP contribution in [0.1, 0.15) is 21.6 Å². The molecule has 5 aromatic rings. The van der Waals surface area contributed by atoms with Gasteiger partial charge >= 0.3 is 0 Å². The van der Waals surface area contributed by atoms with Crippen LogP contribution in [0.3, 0.4) is 0 Å². The summed E-state index contributed by atoms with van der Waals surface area (Å²) >= 11 is 1.33. The van der Waals surface area contributed by atoms with Crippen molar-refractivity contribution in [2.45, 2.75) is 6.92 Å². The number of fused-ring (bicyclic) bond motifs is 1. The van der Waals surface area contributed by atoms with Gasteiger partial charge in [-0.25, -0.2) is 4.98 Å². The maximum absolute atomic E-state index is 13.1. The van der Waals surface area contributed by atoms with Gasteiger partial charge in [-0.15, -0.1) is 21.6 Å². The lowest BCUT2D eigenvalue weighted by molar-refractivity contribution is 0.102. The molecular formula is C26H19N7O3S. The quantitative estimate of drug-likeness (QED) is 0.268. The Morgan fingerprint density at radius 2 is 1.97 bits per heavy atom. The normalized spacial score (nSPS) is 11.1. The van der Waals surface area contributed by atoms with Gasteiger partial charge in [0.1, 0.15) is 23.1 Å². The molecule has 37 heavy (non-hydrogen) atoms. The van der Waals surface area contributed by atoms with Gasteiger partial charge in [0.05, 0.1) is 18.4 Å². The van der Waals surface area contributed by atoms with Crippen molar-refractivity contribution >= 4 is 45.2 Å². The van der Waals surface area contributed by atoms with Crippen LogP contribution in [0.2, 0.25) is 0 Å². The van der Waals surface area contributed by atoms with Gasteiger partial charge in [-0.3, -0.25) is 4.79 Å². The molecule has 0 aliphatic carbocycles. The first kappa shape index (κ1) is 23.7. The maximum Gasteiger partial charge on any atom is 0.259 e. The molecule has 0 fully saturated rings. The number of carbonyl (C=O) groups is 1. The smallest absolute Gasteiger partial charge is 0.259 e. The fourth-order valence-corrected chi connectivity index (χ4v) is 4.35. The minimum Gasteiger partial charge on any atom is -0.505 e. The van der Waals surface area contributed by atoms with E-state index in [0.29, 0.717) is 33.0 Å². The summed E-state index contributed by atoms with van der Waals surface area (Å²) in [5, 5.41) is 40.2. The van der Waals surface area contributed by atoms with Crippen molar-refractivity contribution in [3.63, 3.8) is 0 Å². The SMILES string of the molecule is COc1ccc(NC(=O)c2cc3ccccc3c(/N=N/c3c(C#N)c(C)nn3-c3nccs3)c2O)cc1. The number of aromatic nitrogens is 3. The van der Waals surface area contributed by atoms with Crippen LogP contribution in [0.5, 0.6) is 11.5 Å². The fraction of sp³-hybridized carbons (Fsp3) is 0.0769. The number of benzene rings is 3. The Morgan fingerprint density at radius 3 is 2.68 bits per heavy atom. The summed E-state index contributed by atoms with van der Waals surface area (Å²) in [5.41, 5.74) is 1.34. The van der Waals surface area contributed by atoms with Gasteiger partial charge in [-0.2, -0.15) is 15.0 Å². The summed E-state index contributed by atoms with van der Waals surface area (Å²) in [6.45, 7) is 1.69. The predicted molar refractivity (Wildman–Crippen MR) is 139 cm³/mol. The number of nitrogens with zero attached hydrogens (tertiary/aromatic N) is 6. The zero-order valence-electron chi connectivity index (χ0n) is 19.7. The van der Waals surface area contributed by atoms with Crippen LogP contribution >= 0.6 is 11.3 Å². The third kappa shape index (κ3) is 4.49. The van der Waals surface area contributed by atoms with Crippen LogP contribution in [-0.2, 0) is 0 Å². The summed E-state index contributed by atoms with van der Waals surface area (Å²) in [6, 6.07) is 17.7. The molecule has 0 saturated carbocycles. The largest absolute Gasteiger partial charge is 0.505 e. The van der Waals surface area contributed by atoms with Crippen molar-refractivity contribution in [3.8, 4) is 22.7 Å². The molecule has 0 spiro atoms. The second kappa shape index (κ2) is 9.88. The first-order valence-corrected chi connectivity index (χ1v) is 11.9. The number of aromatic hydroxyl groups is 1. The highest BCUT2D eigenvalue weighted by atomic mass is 32.1. The molecule has 2 aromatic heterocycles. The van der Waals surface area contributed by atoms with E-state index in [9.17, 15) is 15.2 Å². The lowest BCUT2D eigenvalue weighted by Crippen LogP contribution is -2.12. The Labute approximate surface area is 215 Å². The molecule has 0 unspecified atom stereocenters. The van der Waals surface area contributed by atoms with Gasteiger partial charge in [0, 0.05) is 22.7 Å². The highest BCUT2D eigenvalue weighted by Gasteiger charge is 2.21. The van der Waals surface area contributed by atoms with Crippen molar-refractivity contribution in [1.82, 2.24) is 14.8 Å². The number of carbonyl (C=O) groups excluding carboxylic acids is 1. The number of aryl methyl sites for hydroxylation is 1. The number of thiazole rings is 1. The number of ether oxygens (including phenoxy) is 1. The topological polar surface area (TPSA) is 138 Å². The molecule has 0 aliphatic rings. The number of phenols is 1. The lowest BCUT2D eigenvalue weighted by Gasteiger charge is -2.11. The number of phenolic OH excluding ortho intramolecular Hbond substituents is 1. The van der Waals surface area contributed by atoms with Crippen LogP contribution in [0.25, 0.3) is 15.9 Å².